The van der Waals surface area contributed by atoms with E-state index in [2.05, 4.69) is 23.8 Å². The van der Waals surface area contributed by atoms with Gasteiger partial charge < -0.3 is 4.90 Å². The maximum Gasteiger partial charge on any atom is 0.291 e. The van der Waals surface area contributed by atoms with E-state index in [1.807, 2.05) is 17.9 Å². The molecule has 4 nitrogen and oxygen atoms in total. The monoisotopic (exact) mass is 287 g/mol. The molecule has 1 unspecified atom stereocenters. The van der Waals surface area contributed by atoms with E-state index in [0.29, 0.717) is 23.2 Å². The molecule has 114 valence electrons. The van der Waals surface area contributed by atoms with Gasteiger partial charge in [0.2, 0.25) is 5.82 Å². The molecule has 2 heterocycles. The third-order valence-electron chi connectivity index (χ3n) is 5.18. The second kappa shape index (κ2) is 5.39. The highest BCUT2D eigenvalue weighted by molar-refractivity contribution is 5.91. The molecule has 2 aliphatic rings. The summed E-state index contributed by atoms with van der Waals surface area (Å²) in [6.07, 6.45) is 8.19. The molecule has 0 aromatic carbocycles. The Morgan fingerprint density at radius 3 is 2.67 bits per heavy atom. The van der Waals surface area contributed by atoms with E-state index in [0.717, 1.165) is 12.2 Å². The van der Waals surface area contributed by atoms with Crippen LogP contribution in [0.3, 0.4) is 0 Å². The van der Waals surface area contributed by atoms with Crippen LogP contribution >= 0.6 is 0 Å². The van der Waals surface area contributed by atoms with Gasteiger partial charge in [0.25, 0.3) is 5.91 Å². The van der Waals surface area contributed by atoms with Crippen LogP contribution in [-0.4, -0.2) is 33.4 Å². The zero-order valence-corrected chi connectivity index (χ0v) is 13.3. The molecule has 0 bridgehead atoms. The van der Waals surface area contributed by atoms with Crippen molar-refractivity contribution in [3.8, 4) is 0 Å². The third kappa shape index (κ3) is 2.45. The summed E-state index contributed by atoms with van der Waals surface area (Å²) in [5, 5.41) is 0. The number of amides is 1. The van der Waals surface area contributed by atoms with Gasteiger partial charge in [0.1, 0.15) is 0 Å². The molecule has 1 saturated heterocycles. The molecule has 0 N–H and O–H groups in total. The molecule has 1 aliphatic heterocycles. The number of aromatic nitrogens is 2. The van der Waals surface area contributed by atoms with Crippen LogP contribution < -0.4 is 0 Å². The van der Waals surface area contributed by atoms with Crippen LogP contribution in [0.5, 0.6) is 0 Å². The second-order valence-corrected chi connectivity index (χ2v) is 7.07. The Bertz CT molecular complexity index is 535. The van der Waals surface area contributed by atoms with Crippen LogP contribution in [0.2, 0.25) is 0 Å². The summed E-state index contributed by atoms with van der Waals surface area (Å²) in [7, 11) is 0. The Hall–Kier alpha value is -1.45. The van der Waals surface area contributed by atoms with Gasteiger partial charge in [-0.3, -0.25) is 4.79 Å². The number of carbonyl (C=O) groups is 1. The number of aryl methyl sites for hydroxylation is 1. The fourth-order valence-corrected chi connectivity index (χ4v) is 4.40. The van der Waals surface area contributed by atoms with Gasteiger partial charge in [-0.25, -0.2) is 9.97 Å². The highest BCUT2D eigenvalue weighted by Gasteiger charge is 2.55. The highest BCUT2D eigenvalue weighted by atomic mass is 16.2. The first kappa shape index (κ1) is 14.5. The molecule has 1 aromatic heterocycles. The maximum atomic E-state index is 12.7. The van der Waals surface area contributed by atoms with Crippen molar-refractivity contribution >= 4 is 5.91 Å². The van der Waals surface area contributed by atoms with E-state index in [1.165, 1.54) is 32.1 Å². The first-order chi connectivity index (χ1) is 10.0. The second-order valence-electron chi connectivity index (χ2n) is 7.07. The molecule has 1 saturated carbocycles. The largest absolute Gasteiger partial charge is 0.331 e. The number of rotatable bonds is 2. The van der Waals surface area contributed by atoms with Gasteiger partial charge in [-0.1, -0.05) is 33.1 Å². The molecule has 1 aromatic rings. The van der Waals surface area contributed by atoms with Crippen LogP contribution in [-0.2, 0) is 0 Å². The first-order valence-electron chi connectivity index (χ1n) is 8.14. The van der Waals surface area contributed by atoms with Gasteiger partial charge in [0.15, 0.2) is 0 Å². The van der Waals surface area contributed by atoms with E-state index in [-0.39, 0.29) is 5.91 Å². The zero-order chi connectivity index (χ0) is 15.0. The minimum atomic E-state index is 0.00796. The third-order valence-corrected chi connectivity index (χ3v) is 5.18. The summed E-state index contributed by atoms with van der Waals surface area (Å²) in [6, 6.07) is 2.18. The topological polar surface area (TPSA) is 46.1 Å². The molecular formula is C17H25N3O. The van der Waals surface area contributed by atoms with Crippen LogP contribution in [0.4, 0.5) is 0 Å². The van der Waals surface area contributed by atoms with Crippen molar-refractivity contribution < 1.29 is 4.79 Å². The molecule has 4 heteroatoms. The lowest BCUT2D eigenvalue weighted by molar-refractivity contribution is -0.0947. The molecule has 0 radical (unpaired) electrons. The van der Waals surface area contributed by atoms with Crippen LogP contribution in [0.15, 0.2) is 12.3 Å². The molecule has 21 heavy (non-hydrogen) atoms. The van der Waals surface area contributed by atoms with E-state index in [4.69, 9.17) is 0 Å². The molecule has 1 atom stereocenters. The Kier molecular flexibility index (Phi) is 3.72. The van der Waals surface area contributed by atoms with Gasteiger partial charge in [0.05, 0.1) is 0 Å². The highest BCUT2D eigenvalue weighted by Crippen LogP contribution is 2.51. The minimum absolute atomic E-state index is 0.00796. The summed E-state index contributed by atoms with van der Waals surface area (Å²) in [4.78, 5) is 23.2. The molecule has 1 aliphatic carbocycles. The summed E-state index contributed by atoms with van der Waals surface area (Å²) in [6.45, 7) is 7.26. The molecule has 1 spiro atoms. The normalized spacial score (nSPS) is 24.2. The number of likely N-dealkylation sites (tertiary alicyclic amines) is 1. The smallest absolute Gasteiger partial charge is 0.291 e. The maximum absolute atomic E-state index is 12.7. The van der Waals surface area contributed by atoms with E-state index in [9.17, 15) is 4.79 Å². The van der Waals surface area contributed by atoms with Crippen molar-refractivity contribution in [3.63, 3.8) is 0 Å². The van der Waals surface area contributed by atoms with Crippen molar-refractivity contribution in [1.82, 2.24) is 14.9 Å². The minimum Gasteiger partial charge on any atom is -0.331 e. The van der Waals surface area contributed by atoms with Crippen molar-refractivity contribution in [3.05, 3.63) is 23.8 Å². The van der Waals surface area contributed by atoms with E-state index < -0.39 is 0 Å². The van der Waals surface area contributed by atoms with Crippen LogP contribution in [0.25, 0.3) is 0 Å². The van der Waals surface area contributed by atoms with Gasteiger partial charge in [-0.15, -0.1) is 0 Å². The average molecular weight is 287 g/mol. The van der Waals surface area contributed by atoms with Crippen molar-refractivity contribution in [2.75, 3.05) is 6.54 Å². The quantitative estimate of drug-likeness (QED) is 0.839. The van der Waals surface area contributed by atoms with Gasteiger partial charge in [-0.05, 0) is 31.7 Å². The SMILES string of the molecule is Cc1ccnc(C(=O)N2CC3(CCCCC3)C2C(C)C)n1. The Morgan fingerprint density at radius 1 is 1.33 bits per heavy atom. The summed E-state index contributed by atoms with van der Waals surface area (Å²) >= 11 is 0. The Labute approximate surface area is 127 Å². The van der Waals surface area contributed by atoms with Crippen LogP contribution in [0.1, 0.15) is 62.3 Å². The Balaban J connectivity index is 1.81. The van der Waals surface area contributed by atoms with Gasteiger partial charge in [0, 0.05) is 29.9 Å². The number of hydrogen-bond acceptors (Lipinski definition) is 3. The molecule has 2 fully saturated rings. The first-order valence-corrected chi connectivity index (χ1v) is 8.14. The van der Waals surface area contributed by atoms with Crippen molar-refractivity contribution in [2.24, 2.45) is 11.3 Å². The summed E-state index contributed by atoms with van der Waals surface area (Å²) in [5.41, 5.74) is 1.22. The molecule has 3 rings (SSSR count). The summed E-state index contributed by atoms with van der Waals surface area (Å²) in [5.74, 6) is 0.852. The van der Waals surface area contributed by atoms with Crippen molar-refractivity contribution in [1.29, 1.82) is 0 Å². The number of carbonyl (C=O) groups excluding carboxylic acids is 1. The van der Waals surface area contributed by atoms with Gasteiger partial charge >= 0.3 is 0 Å². The van der Waals surface area contributed by atoms with Crippen LogP contribution in [0, 0.1) is 18.3 Å². The lowest BCUT2D eigenvalue weighted by Gasteiger charge is -2.61. The predicted molar refractivity (Wildman–Crippen MR) is 81.9 cm³/mol. The Morgan fingerprint density at radius 2 is 2.05 bits per heavy atom. The zero-order valence-electron chi connectivity index (χ0n) is 13.3. The van der Waals surface area contributed by atoms with Crippen molar-refractivity contribution in [2.45, 2.75) is 58.9 Å². The lowest BCUT2D eigenvalue weighted by atomic mass is 9.60. The fourth-order valence-electron chi connectivity index (χ4n) is 4.40. The molecular weight excluding hydrogens is 262 g/mol. The average Bonchev–Trinajstić information content (AvgIpc) is 2.44. The molecule has 1 amide bonds. The summed E-state index contributed by atoms with van der Waals surface area (Å²) < 4.78 is 0. The fraction of sp³-hybridized carbons (Fsp3) is 0.706. The lowest BCUT2D eigenvalue weighted by Crippen LogP contribution is -2.68. The number of nitrogens with zero attached hydrogens (tertiary/aromatic N) is 3. The number of hydrogen-bond donors (Lipinski definition) is 0. The van der Waals surface area contributed by atoms with E-state index >= 15 is 0 Å². The predicted octanol–water partition coefficient (Wildman–Crippen LogP) is 3.22. The standard InChI is InChI=1S/C17H25N3O/c1-12(2)14-17(8-5-4-6-9-17)11-20(14)16(21)15-18-10-7-13(3)19-15/h7,10,12,14H,4-6,8-9,11H2,1-3H3. The van der Waals surface area contributed by atoms with Gasteiger partial charge in [-0.2, -0.15) is 0 Å². The van der Waals surface area contributed by atoms with E-state index in [1.54, 1.807) is 6.20 Å².